The molecule has 1 amide bonds. The first kappa shape index (κ1) is 13.7. The largest absolute Gasteiger partial charge is 0.337 e. The summed E-state index contributed by atoms with van der Waals surface area (Å²) in [5.41, 5.74) is 0.790. The standard InChI is InChI=1S/C16H25N3O/c1-12-9-13(2)11-18(10-12)16(20)15-7-8-17-19(15)14-5-3-4-6-14/h7-8,12-14H,3-6,9-11H2,1-2H3. The molecule has 4 heteroatoms. The number of piperidine rings is 1. The Morgan fingerprint density at radius 2 is 1.85 bits per heavy atom. The molecule has 1 aliphatic heterocycles. The van der Waals surface area contributed by atoms with Crippen molar-refractivity contribution >= 4 is 5.91 Å². The summed E-state index contributed by atoms with van der Waals surface area (Å²) in [4.78, 5) is 14.8. The van der Waals surface area contributed by atoms with Gasteiger partial charge in [0.15, 0.2) is 0 Å². The third-order valence-corrected chi connectivity index (χ3v) is 4.72. The first-order valence-electron chi connectivity index (χ1n) is 7.98. The third-order valence-electron chi connectivity index (χ3n) is 4.72. The molecule has 0 N–H and O–H groups in total. The van der Waals surface area contributed by atoms with Crippen LogP contribution in [0, 0.1) is 11.8 Å². The highest BCUT2D eigenvalue weighted by atomic mass is 16.2. The molecule has 0 radical (unpaired) electrons. The van der Waals surface area contributed by atoms with Gasteiger partial charge in [0.05, 0.1) is 6.04 Å². The van der Waals surface area contributed by atoms with E-state index in [4.69, 9.17) is 0 Å². The highest BCUT2D eigenvalue weighted by molar-refractivity contribution is 5.92. The SMILES string of the molecule is CC1CC(C)CN(C(=O)c2ccnn2C2CCCC2)C1. The minimum Gasteiger partial charge on any atom is -0.337 e. The van der Waals surface area contributed by atoms with Crippen LogP contribution in [0.25, 0.3) is 0 Å². The van der Waals surface area contributed by atoms with Gasteiger partial charge in [-0.2, -0.15) is 5.10 Å². The van der Waals surface area contributed by atoms with E-state index in [2.05, 4.69) is 18.9 Å². The van der Waals surface area contributed by atoms with Crippen LogP contribution in [0.3, 0.4) is 0 Å². The highest BCUT2D eigenvalue weighted by Crippen LogP contribution is 2.30. The van der Waals surface area contributed by atoms with Crippen molar-refractivity contribution in [2.75, 3.05) is 13.1 Å². The smallest absolute Gasteiger partial charge is 0.272 e. The molecule has 2 atom stereocenters. The molecule has 0 aromatic carbocycles. The Morgan fingerprint density at radius 1 is 1.20 bits per heavy atom. The molecule has 2 fully saturated rings. The number of carbonyl (C=O) groups is 1. The molecule has 0 bridgehead atoms. The summed E-state index contributed by atoms with van der Waals surface area (Å²) in [6.07, 6.45) is 7.85. The maximum atomic E-state index is 12.8. The molecule has 3 rings (SSSR count). The second kappa shape index (κ2) is 5.58. The molecule has 20 heavy (non-hydrogen) atoms. The van der Waals surface area contributed by atoms with Crippen LogP contribution >= 0.6 is 0 Å². The normalized spacial score (nSPS) is 28.0. The number of hydrogen-bond donors (Lipinski definition) is 0. The minimum atomic E-state index is 0.174. The highest BCUT2D eigenvalue weighted by Gasteiger charge is 2.29. The zero-order valence-electron chi connectivity index (χ0n) is 12.6. The van der Waals surface area contributed by atoms with E-state index < -0.39 is 0 Å². The van der Waals surface area contributed by atoms with Crippen molar-refractivity contribution in [3.8, 4) is 0 Å². The Kier molecular flexibility index (Phi) is 3.81. The lowest BCUT2D eigenvalue weighted by atomic mass is 9.92. The van der Waals surface area contributed by atoms with Crippen molar-refractivity contribution in [1.82, 2.24) is 14.7 Å². The molecule has 0 spiro atoms. The maximum Gasteiger partial charge on any atom is 0.272 e. The van der Waals surface area contributed by atoms with E-state index in [1.54, 1.807) is 6.20 Å². The Bertz CT molecular complexity index is 466. The molecule has 110 valence electrons. The van der Waals surface area contributed by atoms with E-state index in [0.717, 1.165) is 31.6 Å². The van der Waals surface area contributed by atoms with Crippen molar-refractivity contribution in [2.45, 2.75) is 52.0 Å². The predicted octanol–water partition coefficient (Wildman–Crippen LogP) is 3.12. The van der Waals surface area contributed by atoms with Crippen LogP contribution in [0.4, 0.5) is 0 Å². The van der Waals surface area contributed by atoms with Crippen molar-refractivity contribution in [3.63, 3.8) is 0 Å². The number of hydrogen-bond acceptors (Lipinski definition) is 2. The van der Waals surface area contributed by atoms with Gasteiger partial charge in [-0.05, 0) is 37.2 Å². The van der Waals surface area contributed by atoms with E-state index in [0.29, 0.717) is 17.9 Å². The summed E-state index contributed by atoms with van der Waals surface area (Å²) in [6.45, 7) is 6.26. The number of likely N-dealkylation sites (tertiary alicyclic amines) is 1. The predicted molar refractivity (Wildman–Crippen MR) is 78.6 cm³/mol. The van der Waals surface area contributed by atoms with E-state index in [9.17, 15) is 4.79 Å². The van der Waals surface area contributed by atoms with Gasteiger partial charge >= 0.3 is 0 Å². The zero-order valence-corrected chi connectivity index (χ0v) is 12.6. The zero-order chi connectivity index (χ0) is 14.1. The second-order valence-corrected chi connectivity index (χ2v) is 6.76. The van der Waals surface area contributed by atoms with Gasteiger partial charge in [0.1, 0.15) is 5.69 Å². The van der Waals surface area contributed by atoms with Crippen LogP contribution in [0.5, 0.6) is 0 Å². The van der Waals surface area contributed by atoms with E-state index in [1.807, 2.05) is 15.6 Å². The van der Waals surface area contributed by atoms with Gasteiger partial charge in [-0.15, -0.1) is 0 Å². The lowest BCUT2D eigenvalue weighted by Crippen LogP contribution is -2.43. The number of carbonyl (C=O) groups excluding carboxylic acids is 1. The Balaban J connectivity index is 1.78. The Morgan fingerprint density at radius 3 is 2.50 bits per heavy atom. The van der Waals surface area contributed by atoms with Crippen molar-refractivity contribution in [1.29, 1.82) is 0 Å². The van der Waals surface area contributed by atoms with Gasteiger partial charge < -0.3 is 4.90 Å². The average Bonchev–Trinajstić information content (AvgIpc) is 3.07. The second-order valence-electron chi connectivity index (χ2n) is 6.76. The van der Waals surface area contributed by atoms with Gasteiger partial charge in [-0.1, -0.05) is 26.7 Å². The Hall–Kier alpha value is -1.32. The number of aromatic nitrogens is 2. The molecular formula is C16H25N3O. The fourth-order valence-corrected chi connectivity index (χ4v) is 3.91. The minimum absolute atomic E-state index is 0.174. The summed E-state index contributed by atoms with van der Waals surface area (Å²) in [6, 6.07) is 2.33. The molecular weight excluding hydrogens is 250 g/mol. The molecule has 1 saturated carbocycles. The van der Waals surface area contributed by atoms with Crippen LogP contribution in [-0.4, -0.2) is 33.7 Å². The fraction of sp³-hybridized carbons (Fsp3) is 0.750. The van der Waals surface area contributed by atoms with Crippen LogP contribution in [0.15, 0.2) is 12.3 Å². The van der Waals surface area contributed by atoms with E-state index in [-0.39, 0.29) is 5.91 Å². The van der Waals surface area contributed by atoms with Crippen molar-refractivity contribution in [3.05, 3.63) is 18.0 Å². The van der Waals surface area contributed by atoms with E-state index in [1.165, 1.54) is 19.3 Å². The summed E-state index contributed by atoms with van der Waals surface area (Å²) >= 11 is 0. The first-order chi connectivity index (χ1) is 9.65. The van der Waals surface area contributed by atoms with Gasteiger partial charge in [0.25, 0.3) is 5.91 Å². The average molecular weight is 275 g/mol. The quantitative estimate of drug-likeness (QED) is 0.831. The van der Waals surface area contributed by atoms with Crippen LogP contribution in [0.1, 0.15) is 62.5 Å². The Labute approximate surface area is 121 Å². The molecule has 2 heterocycles. The molecule has 1 saturated heterocycles. The lowest BCUT2D eigenvalue weighted by molar-refractivity contribution is 0.0607. The van der Waals surface area contributed by atoms with Gasteiger partial charge in [0, 0.05) is 19.3 Å². The van der Waals surface area contributed by atoms with Crippen molar-refractivity contribution in [2.24, 2.45) is 11.8 Å². The van der Waals surface area contributed by atoms with Crippen molar-refractivity contribution < 1.29 is 4.79 Å². The summed E-state index contributed by atoms with van der Waals surface area (Å²) < 4.78 is 1.99. The maximum absolute atomic E-state index is 12.8. The summed E-state index contributed by atoms with van der Waals surface area (Å²) in [5, 5.41) is 4.42. The summed E-state index contributed by atoms with van der Waals surface area (Å²) in [5.74, 6) is 1.38. The van der Waals surface area contributed by atoms with Gasteiger partial charge in [-0.3, -0.25) is 9.48 Å². The number of rotatable bonds is 2. The van der Waals surface area contributed by atoms with Crippen LogP contribution in [-0.2, 0) is 0 Å². The van der Waals surface area contributed by atoms with E-state index >= 15 is 0 Å². The lowest BCUT2D eigenvalue weighted by Gasteiger charge is -2.35. The topological polar surface area (TPSA) is 38.1 Å². The molecule has 4 nitrogen and oxygen atoms in total. The molecule has 1 aliphatic carbocycles. The van der Waals surface area contributed by atoms with Crippen LogP contribution in [0.2, 0.25) is 0 Å². The third kappa shape index (κ3) is 2.60. The molecule has 1 aromatic rings. The van der Waals surface area contributed by atoms with Crippen LogP contribution < -0.4 is 0 Å². The monoisotopic (exact) mass is 275 g/mol. The fourth-order valence-electron chi connectivity index (χ4n) is 3.91. The molecule has 2 aliphatic rings. The summed E-state index contributed by atoms with van der Waals surface area (Å²) in [7, 11) is 0. The first-order valence-corrected chi connectivity index (χ1v) is 7.98. The molecule has 1 aromatic heterocycles. The van der Waals surface area contributed by atoms with Gasteiger partial charge in [0.2, 0.25) is 0 Å². The number of amides is 1. The number of nitrogens with zero attached hydrogens (tertiary/aromatic N) is 3. The molecule has 2 unspecified atom stereocenters. The van der Waals surface area contributed by atoms with Gasteiger partial charge in [-0.25, -0.2) is 0 Å².